The van der Waals surface area contributed by atoms with Crippen LogP contribution in [0.25, 0.3) is 17.0 Å². The third kappa shape index (κ3) is 4.00. The van der Waals surface area contributed by atoms with Crippen molar-refractivity contribution in [2.45, 2.75) is 12.7 Å². The van der Waals surface area contributed by atoms with Gasteiger partial charge in [0.15, 0.2) is 11.5 Å². The molecule has 0 radical (unpaired) electrons. The van der Waals surface area contributed by atoms with Crippen molar-refractivity contribution < 1.29 is 22.4 Å². The molecule has 0 bridgehead atoms. The minimum absolute atomic E-state index is 0.213. The number of hydrogen-bond donors (Lipinski definition) is 1. The molecule has 2 aromatic carbocycles. The summed E-state index contributed by atoms with van der Waals surface area (Å²) in [4.78, 5) is 12.5. The average molecular weight is 414 g/mol. The molecule has 1 N–H and O–H groups in total. The summed E-state index contributed by atoms with van der Waals surface area (Å²) in [6, 6.07) is 13.5. The monoisotopic (exact) mass is 414 g/mol. The number of halogens is 4. The van der Waals surface area contributed by atoms with Crippen molar-refractivity contribution in [1.82, 2.24) is 19.9 Å². The highest BCUT2D eigenvalue weighted by atomic mass is 19.4. The zero-order chi connectivity index (χ0) is 21.3. The Labute approximate surface area is 168 Å². The molecule has 0 unspecified atom stereocenters. The van der Waals surface area contributed by atoms with E-state index in [9.17, 15) is 22.4 Å². The van der Waals surface area contributed by atoms with E-state index < -0.39 is 11.7 Å². The molecule has 2 heterocycles. The molecule has 5 nitrogen and oxygen atoms in total. The molecule has 0 spiro atoms. The number of rotatable bonds is 4. The summed E-state index contributed by atoms with van der Waals surface area (Å²) in [6.45, 7) is 0.213. The first-order valence-corrected chi connectivity index (χ1v) is 8.86. The van der Waals surface area contributed by atoms with E-state index in [4.69, 9.17) is 0 Å². The molecule has 0 saturated carbocycles. The maximum Gasteiger partial charge on any atom is 0.416 e. The molecule has 0 fully saturated rings. The molecule has 0 atom stereocenters. The van der Waals surface area contributed by atoms with E-state index >= 15 is 0 Å². The highest BCUT2D eigenvalue weighted by Crippen LogP contribution is 2.30. The van der Waals surface area contributed by atoms with E-state index in [1.807, 2.05) is 0 Å². The van der Waals surface area contributed by atoms with Crippen LogP contribution in [0.2, 0.25) is 0 Å². The van der Waals surface area contributed by atoms with Gasteiger partial charge in [0.1, 0.15) is 5.82 Å². The Kier molecular flexibility index (Phi) is 4.94. The SMILES string of the molecule is O=C(NCc1ccc(F)cc1)c1ccc2nnc(-c3ccc(C(F)(F)F)cc3)n2c1. The van der Waals surface area contributed by atoms with Gasteiger partial charge in [0.25, 0.3) is 5.91 Å². The third-order valence-electron chi connectivity index (χ3n) is 4.50. The number of fused-ring (bicyclic) bond motifs is 1. The number of carbonyl (C=O) groups is 1. The fourth-order valence-corrected chi connectivity index (χ4v) is 2.92. The van der Waals surface area contributed by atoms with Gasteiger partial charge in [-0.15, -0.1) is 10.2 Å². The zero-order valence-electron chi connectivity index (χ0n) is 15.3. The molecule has 0 aliphatic heterocycles. The van der Waals surface area contributed by atoms with Crippen LogP contribution in [0.3, 0.4) is 0 Å². The molecule has 0 saturated heterocycles. The lowest BCUT2D eigenvalue weighted by Gasteiger charge is -2.08. The Hall–Kier alpha value is -3.75. The number of amides is 1. The normalized spacial score (nSPS) is 11.6. The summed E-state index contributed by atoms with van der Waals surface area (Å²) in [6.07, 6.45) is -2.91. The minimum Gasteiger partial charge on any atom is -0.348 e. The summed E-state index contributed by atoms with van der Waals surface area (Å²) in [5.74, 6) is -0.417. The van der Waals surface area contributed by atoms with E-state index in [0.717, 1.165) is 17.7 Å². The van der Waals surface area contributed by atoms with E-state index in [2.05, 4.69) is 15.5 Å². The van der Waals surface area contributed by atoms with E-state index in [0.29, 0.717) is 22.6 Å². The number of aromatic nitrogens is 3. The average Bonchev–Trinajstić information content (AvgIpc) is 3.16. The van der Waals surface area contributed by atoms with Gasteiger partial charge in [0, 0.05) is 18.3 Å². The molecular weight excluding hydrogens is 400 g/mol. The fraction of sp³-hybridized carbons (Fsp3) is 0.0952. The van der Waals surface area contributed by atoms with Gasteiger partial charge in [0.05, 0.1) is 11.1 Å². The second-order valence-corrected chi connectivity index (χ2v) is 6.55. The smallest absolute Gasteiger partial charge is 0.348 e. The van der Waals surface area contributed by atoms with Crippen LogP contribution in [0.4, 0.5) is 17.6 Å². The predicted octanol–water partition coefficient (Wildman–Crippen LogP) is 4.48. The Balaban J connectivity index is 1.58. The molecule has 4 rings (SSSR count). The predicted molar refractivity (Wildman–Crippen MR) is 101 cm³/mol. The molecule has 30 heavy (non-hydrogen) atoms. The Morgan fingerprint density at radius 2 is 1.63 bits per heavy atom. The number of carbonyl (C=O) groups excluding carboxylic acids is 1. The van der Waals surface area contributed by atoms with Crippen LogP contribution in [-0.4, -0.2) is 20.5 Å². The van der Waals surface area contributed by atoms with Gasteiger partial charge < -0.3 is 5.32 Å². The summed E-state index contributed by atoms with van der Waals surface area (Å²) in [5.41, 5.74) is 1.17. The second-order valence-electron chi connectivity index (χ2n) is 6.55. The summed E-state index contributed by atoms with van der Waals surface area (Å²) in [5, 5.41) is 10.8. The minimum atomic E-state index is -4.43. The molecular formula is C21H14F4N4O. The van der Waals surface area contributed by atoms with Gasteiger partial charge >= 0.3 is 6.18 Å². The quantitative estimate of drug-likeness (QED) is 0.501. The van der Waals surface area contributed by atoms with Gasteiger partial charge in [-0.2, -0.15) is 13.2 Å². The van der Waals surface area contributed by atoms with Crippen molar-refractivity contribution in [3.63, 3.8) is 0 Å². The number of pyridine rings is 1. The molecule has 0 aliphatic rings. The van der Waals surface area contributed by atoms with Crippen molar-refractivity contribution in [2.75, 3.05) is 0 Å². The van der Waals surface area contributed by atoms with Crippen molar-refractivity contribution in [1.29, 1.82) is 0 Å². The number of nitrogens with one attached hydrogen (secondary N) is 1. The molecule has 9 heteroatoms. The number of hydrogen-bond acceptors (Lipinski definition) is 3. The molecule has 2 aromatic heterocycles. The number of alkyl halides is 3. The highest BCUT2D eigenvalue weighted by molar-refractivity contribution is 5.94. The molecule has 0 aliphatic carbocycles. The first kappa shape index (κ1) is 19.6. The first-order valence-electron chi connectivity index (χ1n) is 8.86. The summed E-state index contributed by atoms with van der Waals surface area (Å²) < 4.78 is 52.8. The van der Waals surface area contributed by atoms with Crippen LogP contribution in [-0.2, 0) is 12.7 Å². The van der Waals surface area contributed by atoms with E-state index in [1.165, 1.54) is 34.9 Å². The number of nitrogens with zero attached hydrogens (tertiary/aromatic N) is 3. The van der Waals surface area contributed by atoms with Crippen LogP contribution in [0, 0.1) is 5.82 Å². The Morgan fingerprint density at radius 1 is 0.933 bits per heavy atom. The number of benzene rings is 2. The summed E-state index contributed by atoms with van der Waals surface area (Å²) >= 11 is 0. The van der Waals surface area contributed by atoms with Crippen LogP contribution >= 0.6 is 0 Å². The van der Waals surface area contributed by atoms with Crippen LogP contribution in [0.5, 0.6) is 0 Å². The lowest BCUT2D eigenvalue weighted by atomic mass is 10.1. The van der Waals surface area contributed by atoms with Crippen molar-refractivity contribution in [3.8, 4) is 11.4 Å². The highest BCUT2D eigenvalue weighted by Gasteiger charge is 2.30. The molecule has 1 amide bonds. The Morgan fingerprint density at radius 3 is 2.30 bits per heavy atom. The van der Waals surface area contributed by atoms with Gasteiger partial charge in [0.2, 0.25) is 0 Å². The largest absolute Gasteiger partial charge is 0.416 e. The first-order chi connectivity index (χ1) is 14.3. The lowest BCUT2D eigenvalue weighted by molar-refractivity contribution is -0.137. The van der Waals surface area contributed by atoms with E-state index in [1.54, 1.807) is 24.3 Å². The molecule has 152 valence electrons. The van der Waals surface area contributed by atoms with Crippen LogP contribution < -0.4 is 5.32 Å². The van der Waals surface area contributed by atoms with Gasteiger partial charge in [-0.05, 0) is 42.0 Å². The van der Waals surface area contributed by atoms with Gasteiger partial charge in [-0.25, -0.2) is 4.39 Å². The Bertz CT molecular complexity index is 1200. The van der Waals surface area contributed by atoms with Gasteiger partial charge in [-0.1, -0.05) is 24.3 Å². The lowest BCUT2D eigenvalue weighted by Crippen LogP contribution is -2.23. The molecule has 4 aromatic rings. The van der Waals surface area contributed by atoms with Crippen LogP contribution in [0.1, 0.15) is 21.5 Å². The topological polar surface area (TPSA) is 59.3 Å². The van der Waals surface area contributed by atoms with Gasteiger partial charge in [-0.3, -0.25) is 9.20 Å². The third-order valence-corrected chi connectivity index (χ3v) is 4.50. The summed E-state index contributed by atoms with van der Waals surface area (Å²) in [7, 11) is 0. The fourth-order valence-electron chi connectivity index (χ4n) is 2.92. The maximum atomic E-state index is 13.0. The van der Waals surface area contributed by atoms with Crippen molar-refractivity contribution in [3.05, 3.63) is 89.4 Å². The zero-order valence-corrected chi connectivity index (χ0v) is 15.3. The second kappa shape index (κ2) is 7.58. The maximum absolute atomic E-state index is 13.0. The standard InChI is InChI=1S/C21H14F4N4O/c22-17-8-1-13(2-9-17)11-26-20(30)15-5-10-18-27-28-19(29(18)12-15)14-3-6-16(7-4-14)21(23,24)25/h1-10,12H,11H2,(H,26,30). The van der Waals surface area contributed by atoms with Crippen molar-refractivity contribution in [2.24, 2.45) is 0 Å². The van der Waals surface area contributed by atoms with Crippen LogP contribution in [0.15, 0.2) is 66.9 Å². The van der Waals surface area contributed by atoms with E-state index in [-0.39, 0.29) is 18.3 Å². The van der Waals surface area contributed by atoms with Crippen molar-refractivity contribution >= 4 is 11.6 Å².